The SMILES string of the molecule is Cc1ccc(C(CNCc2ccccc2OCC(=O)N2CCCC2)N(C)C)cc1. The summed E-state index contributed by atoms with van der Waals surface area (Å²) in [4.78, 5) is 16.4. The minimum absolute atomic E-state index is 0.0808. The summed E-state index contributed by atoms with van der Waals surface area (Å²) in [6.45, 7) is 5.47. The van der Waals surface area contributed by atoms with E-state index in [9.17, 15) is 4.79 Å². The number of hydrogen-bond acceptors (Lipinski definition) is 4. The Morgan fingerprint density at radius 1 is 1.10 bits per heavy atom. The van der Waals surface area contributed by atoms with E-state index >= 15 is 0 Å². The molecular formula is C24H33N3O2. The van der Waals surface area contributed by atoms with Crippen molar-refractivity contribution in [3.8, 4) is 5.75 Å². The topological polar surface area (TPSA) is 44.8 Å². The molecule has 1 aliphatic rings. The highest BCUT2D eigenvalue weighted by molar-refractivity contribution is 5.78. The lowest BCUT2D eigenvalue weighted by Gasteiger charge is -2.25. The van der Waals surface area contributed by atoms with Crippen LogP contribution in [0.4, 0.5) is 0 Å². The average Bonchev–Trinajstić information content (AvgIpc) is 3.26. The van der Waals surface area contributed by atoms with Crippen LogP contribution in [-0.4, -0.2) is 56.0 Å². The number of aryl methyl sites for hydroxylation is 1. The maximum absolute atomic E-state index is 12.3. The van der Waals surface area contributed by atoms with Crippen LogP contribution in [0.3, 0.4) is 0 Å². The molecule has 156 valence electrons. The molecule has 2 aromatic carbocycles. The van der Waals surface area contributed by atoms with E-state index in [0.29, 0.717) is 12.6 Å². The first-order valence-electron chi connectivity index (χ1n) is 10.5. The van der Waals surface area contributed by atoms with Crippen molar-refractivity contribution in [2.75, 3.05) is 40.3 Å². The largest absolute Gasteiger partial charge is 0.483 e. The fraction of sp³-hybridized carbons (Fsp3) is 0.458. The molecule has 1 atom stereocenters. The molecule has 1 aliphatic heterocycles. The highest BCUT2D eigenvalue weighted by Gasteiger charge is 2.19. The molecule has 3 rings (SSSR count). The quantitative estimate of drug-likeness (QED) is 0.707. The molecule has 1 fully saturated rings. The number of carbonyl (C=O) groups excluding carboxylic acids is 1. The smallest absolute Gasteiger partial charge is 0.260 e. The van der Waals surface area contributed by atoms with Crippen molar-refractivity contribution in [3.05, 3.63) is 65.2 Å². The van der Waals surface area contributed by atoms with Gasteiger partial charge in [-0.05, 0) is 45.5 Å². The molecule has 1 heterocycles. The first-order valence-corrected chi connectivity index (χ1v) is 10.5. The van der Waals surface area contributed by atoms with E-state index in [1.807, 2.05) is 23.1 Å². The van der Waals surface area contributed by atoms with E-state index in [0.717, 1.165) is 43.8 Å². The Labute approximate surface area is 174 Å². The fourth-order valence-corrected chi connectivity index (χ4v) is 3.72. The second kappa shape index (κ2) is 10.4. The van der Waals surface area contributed by atoms with Crippen LogP contribution in [0, 0.1) is 6.92 Å². The first kappa shape index (κ1) is 21.3. The van der Waals surface area contributed by atoms with E-state index in [2.05, 4.69) is 61.6 Å². The molecule has 0 spiro atoms. The predicted octanol–water partition coefficient (Wildman–Crippen LogP) is 3.39. The maximum atomic E-state index is 12.3. The highest BCUT2D eigenvalue weighted by Crippen LogP contribution is 2.21. The molecule has 1 saturated heterocycles. The molecular weight excluding hydrogens is 362 g/mol. The number of likely N-dealkylation sites (N-methyl/N-ethyl adjacent to an activating group) is 1. The van der Waals surface area contributed by atoms with Gasteiger partial charge in [-0.3, -0.25) is 4.79 Å². The van der Waals surface area contributed by atoms with Crippen molar-refractivity contribution in [2.45, 2.75) is 32.4 Å². The zero-order valence-corrected chi connectivity index (χ0v) is 17.9. The molecule has 0 aliphatic carbocycles. The highest BCUT2D eigenvalue weighted by atomic mass is 16.5. The van der Waals surface area contributed by atoms with E-state index < -0.39 is 0 Å². The number of benzene rings is 2. The molecule has 0 bridgehead atoms. The van der Waals surface area contributed by atoms with Crippen molar-refractivity contribution in [3.63, 3.8) is 0 Å². The third-order valence-corrected chi connectivity index (χ3v) is 5.52. The van der Waals surface area contributed by atoms with Crippen LogP contribution >= 0.6 is 0 Å². The minimum Gasteiger partial charge on any atom is -0.483 e. The number of nitrogens with zero attached hydrogens (tertiary/aromatic N) is 2. The van der Waals surface area contributed by atoms with Gasteiger partial charge in [0.15, 0.2) is 6.61 Å². The molecule has 2 aromatic rings. The van der Waals surface area contributed by atoms with E-state index in [4.69, 9.17) is 4.74 Å². The van der Waals surface area contributed by atoms with Crippen LogP contribution in [0.15, 0.2) is 48.5 Å². The van der Waals surface area contributed by atoms with Crippen LogP contribution in [0.5, 0.6) is 5.75 Å². The van der Waals surface area contributed by atoms with Crippen LogP contribution in [0.1, 0.15) is 35.6 Å². The Hall–Kier alpha value is -2.37. The van der Waals surface area contributed by atoms with Crippen molar-refractivity contribution >= 4 is 5.91 Å². The van der Waals surface area contributed by atoms with Gasteiger partial charge in [0, 0.05) is 37.8 Å². The normalized spacial score (nSPS) is 15.0. The van der Waals surface area contributed by atoms with Gasteiger partial charge < -0.3 is 19.9 Å². The number of hydrogen-bond donors (Lipinski definition) is 1. The molecule has 29 heavy (non-hydrogen) atoms. The molecule has 1 N–H and O–H groups in total. The molecule has 0 saturated carbocycles. The van der Waals surface area contributed by atoms with Gasteiger partial charge in [-0.25, -0.2) is 0 Å². The second-order valence-corrected chi connectivity index (χ2v) is 8.01. The summed E-state index contributed by atoms with van der Waals surface area (Å²) in [5, 5.41) is 3.56. The zero-order valence-electron chi connectivity index (χ0n) is 17.9. The van der Waals surface area contributed by atoms with Crippen molar-refractivity contribution in [2.24, 2.45) is 0 Å². The number of carbonyl (C=O) groups is 1. The Morgan fingerprint density at radius 2 is 1.79 bits per heavy atom. The van der Waals surface area contributed by atoms with Crippen LogP contribution in [-0.2, 0) is 11.3 Å². The third kappa shape index (κ3) is 6.05. The van der Waals surface area contributed by atoms with Crippen LogP contribution < -0.4 is 10.1 Å². The summed E-state index contributed by atoms with van der Waals surface area (Å²) >= 11 is 0. The van der Waals surface area contributed by atoms with Gasteiger partial charge in [-0.1, -0.05) is 48.0 Å². The molecule has 5 heteroatoms. The molecule has 5 nitrogen and oxygen atoms in total. The molecule has 1 amide bonds. The lowest BCUT2D eigenvalue weighted by Crippen LogP contribution is -2.32. The van der Waals surface area contributed by atoms with Crippen LogP contribution in [0.25, 0.3) is 0 Å². The van der Waals surface area contributed by atoms with Gasteiger partial charge in [0.2, 0.25) is 0 Å². The first-order chi connectivity index (χ1) is 14.0. The summed E-state index contributed by atoms with van der Waals surface area (Å²) in [5.41, 5.74) is 3.64. The number of amides is 1. The molecule has 1 unspecified atom stereocenters. The number of ether oxygens (including phenoxy) is 1. The van der Waals surface area contributed by atoms with Gasteiger partial charge in [0.25, 0.3) is 5.91 Å². The number of likely N-dealkylation sites (tertiary alicyclic amines) is 1. The molecule has 0 radical (unpaired) electrons. The lowest BCUT2D eigenvalue weighted by molar-refractivity contribution is -0.132. The minimum atomic E-state index is 0.0808. The summed E-state index contributed by atoms with van der Waals surface area (Å²) < 4.78 is 5.87. The van der Waals surface area contributed by atoms with Gasteiger partial charge in [0.1, 0.15) is 5.75 Å². The van der Waals surface area contributed by atoms with Crippen molar-refractivity contribution < 1.29 is 9.53 Å². The summed E-state index contributed by atoms with van der Waals surface area (Å²) in [6.07, 6.45) is 2.19. The Morgan fingerprint density at radius 3 is 2.48 bits per heavy atom. The number of para-hydroxylation sites is 1. The fourth-order valence-electron chi connectivity index (χ4n) is 3.72. The average molecular weight is 396 g/mol. The zero-order chi connectivity index (χ0) is 20.6. The molecule has 0 aromatic heterocycles. The van der Waals surface area contributed by atoms with E-state index in [1.54, 1.807) is 0 Å². The number of nitrogens with one attached hydrogen (secondary N) is 1. The van der Waals surface area contributed by atoms with E-state index in [1.165, 1.54) is 11.1 Å². The van der Waals surface area contributed by atoms with Gasteiger partial charge in [0.05, 0.1) is 0 Å². The Kier molecular flexibility index (Phi) is 7.67. The van der Waals surface area contributed by atoms with Crippen LogP contribution in [0.2, 0.25) is 0 Å². The van der Waals surface area contributed by atoms with Gasteiger partial charge >= 0.3 is 0 Å². The van der Waals surface area contributed by atoms with Crippen molar-refractivity contribution in [1.82, 2.24) is 15.1 Å². The predicted molar refractivity (Wildman–Crippen MR) is 117 cm³/mol. The van der Waals surface area contributed by atoms with E-state index in [-0.39, 0.29) is 12.5 Å². The van der Waals surface area contributed by atoms with Crippen molar-refractivity contribution in [1.29, 1.82) is 0 Å². The lowest BCUT2D eigenvalue weighted by atomic mass is 10.0. The monoisotopic (exact) mass is 395 g/mol. The summed E-state index contributed by atoms with van der Waals surface area (Å²) in [6, 6.07) is 17.0. The summed E-state index contributed by atoms with van der Waals surface area (Å²) in [5.74, 6) is 0.863. The van der Waals surface area contributed by atoms with Gasteiger partial charge in [-0.2, -0.15) is 0 Å². The Bertz CT molecular complexity index is 783. The maximum Gasteiger partial charge on any atom is 0.260 e. The van der Waals surface area contributed by atoms with Gasteiger partial charge in [-0.15, -0.1) is 0 Å². The third-order valence-electron chi connectivity index (χ3n) is 5.52. The standard InChI is InChI=1S/C24H33N3O2/c1-19-10-12-20(13-11-19)22(26(2)3)17-25-16-21-8-4-5-9-23(21)29-18-24(28)27-14-6-7-15-27/h4-5,8-13,22,25H,6-7,14-18H2,1-3H3. The number of rotatable bonds is 9. The Balaban J connectivity index is 1.55. The summed E-state index contributed by atoms with van der Waals surface area (Å²) in [7, 11) is 4.21. The second-order valence-electron chi connectivity index (χ2n) is 8.01.